The molecule has 2 saturated heterocycles. The highest BCUT2D eigenvalue weighted by Crippen LogP contribution is 2.39. The van der Waals surface area contributed by atoms with Gasteiger partial charge in [-0.1, -0.05) is 72.8 Å². The Morgan fingerprint density at radius 3 is 2.36 bits per heavy atom. The molecule has 3 aromatic rings. The Kier molecular flexibility index (Phi) is 8.12. The normalized spacial score (nSPS) is 24.8. The van der Waals surface area contributed by atoms with Crippen molar-refractivity contribution in [1.29, 1.82) is 0 Å². The number of nitrogens with zero attached hydrogens (tertiary/aromatic N) is 1. The van der Waals surface area contributed by atoms with Gasteiger partial charge in [0.2, 0.25) is 0 Å². The third-order valence-corrected chi connectivity index (χ3v) is 7.49. The predicted octanol–water partition coefficient (Wildman–Crippen LogP) is 4.31. The van der Waals surface area contributed by atoms with E-state index in [2.05, 4.69) is 41.3 Å². The van der Waals surface area contributed by atoms with E-state index in [0.29, 0.717) is 6.54 Å². The highest BCUT2D eigenvalue weighted by atomic mass is 16.7. The second-order valence-electron chi connectivity index (χ2n) is 9.81. The minimum absolute atomic E-state index is 0.0175. The van der Waals surface area contributed by atoms with E-state index in [1.165, 1.54) is 0 Å². The van der Waals surface area contributed by atoms with Gasteiger partial charge in [-0.2, -0.15) is 0 Å². The predicted molar refractivity (Wildman–Crippen MR) is 140 cm³/mol. The smallest absolute Gasteiger partial charge is 0.184 e. The lowest BCUT2D eigenvalue weighted by atomic mass is 9.97. The quantitative estimate of drug-likeness (QED) is 0.438. The summed E-state index contributed by atoms with van der Waals surface area (Å²) >= 11 is 0. The van der Waals surface area contributed by atoms with Crippen molar-refractivity contribution >= 4 is 0 Å². The first-order valence-corrected chi connectivity index (χ1v) is 12.9. The molecule has 3 aromatic carbocycles. The second-order valence-corrected chi connectivity index (χ2v) is 9.81. The highest BCUT2D eigenvalue weighted by molar-refractivity contribution is 5.67. The third kappa shape index (κ3) is 5.54. The number of nitrogens with two attached hydrogens (primary N) is 1. The van der Waals surface area contributed by atoms with Gasteiger partial charge in [0.15, 0.2) is 6.29 Å². The highest BCUT2D eigenvalue weighted by Gasteiger charge is 2.35. The Morgan fingerprint density at radius 1 is 0.889 bits per heavy atom. The molecule has 2 fully saturated rings. The van der Waals surface area contributed by atoms with E-state index in [1.807, 2.05) is 36.4 Å². The van der Waals surface area contributed by atoms with Crippen LogP contribution in [0, 0.1) is 0 Å². The molecule has 4 atom stereocenters. The first-order chi connectivity index (χ1) is 17.7. The van der Waals surface area contributed by atoms with Crippen molar-refractivity contribution in [3.63, 3.8) is 0 Å². The Bertz CT molecular complexity index is 1120. The molecule has 2 aliphatic rings. The molecule has 0 amide bonds. The molecule has 4 unspecified atom stereocenters. The van der Waals surface area contributed by atoms with Crippen LogP contribution in [0.1, 0.15) is 53.9 Å². The Labute approximate surface area is 213 Å². The molecule has 0 aliphatic carbocycles. The van der Waals surface area contributed by atoms with E-state index in [-0.39, 0.29) is 31.5 Å². The number of aliphatic hydroxyl groups is 2. The van der Waals surface area contributed by atoms with Crippen LogP contribution in [0.3, 0.4) is 0 Å². The number of rotatable bonds is 8. The van der Waals surface area contributed by atoms with E-state index in [0.717, 1.165) is 65.7 Å². The van der Waals surface area contributed by atoms with Gasteiger partial charge in [-0.05, 0) is 47.2 Å². The van der Waals surface area contributed by atoms with Crippen molar-refractivity contribution in [2.75, 3.05) is 19.7 Å². The van der Waals surface area contributed by atoms with Gasteiger partial charge in [0.25, 0.3) is 0 Å². The molecule has 2 aliphatic heterocycles. The van der Waals surface area contributed by atoms with Gasteiger partial charge in [-0.3, -0.25) is 4.90 Å². The number of hydrogen-bond acceptors (Lipinski definition) is 6. The molecule has 190 valence electrons. The number of likely N-dealkylation sites (tertiary alicyclic amines) is 1. The fourth-order valence-electron chi connectivity index (χ4n) is 5.44. The zero-order valence-corrected chi connectivity index (χ0v) is 20.6. The average molecular weight is 489 g/mol. The minimum Gasteiger partial charge on any atom is -0.395 e. The molecule has 0 radical (unpaired) electrons. The van der Waals surface area contributed by atoms with E-state index >= 15 is 0 Å². The zero-order chi connectivity index (χ0) is 24.9. The van der Waals surface area contributed by atoms with Crippen molar-refractivity contribution in [1.82, 2.24) is 4.90 Å². The SMILES string of the molecule is NCc1ccccc1-c1ccc(C2OC(CN3CCCC3CO)CC(c3ccc(CO)cc3)O2)cc1. The van der Waals surface area contributed by atoms with Crippen LogP contribution < -0.4 is 5.73 Å². The average Bonchev–Trinajstić information content (AvgIpc) is 3.40. The summed E-state index contributed by atoms with van der Waals surface area (Å²) in [6, 6.07) is 24.7. The molecule has 5 rings (SSSR count). The topological polar surface area (TPSA) is 88.2 Å². The molecule has 4 N–H and O–H groups in total. The van der Waals surface area contributed by atoms with Crippen LogP contribution in [0.15, 0.2) is 72.8 Å². The van der Waals surface area contributed by atoms with Crippen LogP contribution in [0.4, 0.5) is 0 Å². The van der Waals surface area contributed by atoms with E-state index in [1.54, 1.807) is 0 Å². The molecular formula is C30H36N2O4. The van der Waals surface area contributed by atoms with Gasteiger partial charge in [0, 0.05) is 31.1 Å². The lowest BCUT2D eigenvalue weighted by molar-refractivity contribution is -0.253. The van der Waals surface area contributed by atoms with E-state index in [4.69, 9.17) is 15.2 Å². The molecule has 0 saturated carbocycles. The van der Waals surface area contributed by atoms with E-state index < -0.39 is 6.29 Å². The van der Waals surface area contributed by atoms with Crippen LogP contribution in [0.2, 0.25) is 0 Å². The Morgan fingerprint density at radius 2 is 1.64 bits per heavy atom. The summed E-state index contributed by atoms with van der Waals surface area (Å²) in [5.74, 6) is 0. The Hall–Kier alpha value is -2.58. The van der Waals surface area contributed by atoms with Crippen molar-refractivity contribution < 1.29 is 19.7 Å². The molecule has 0 spiro atoms. The maximum Gasteiger partial charge on any atom is 0.184 e. The van der Waals surface area contributed by atoms with Gasteiger partial charge < -0.3 is 25.4 Å². The first kappa shape index (κ1) is 25.1. The summed E-state index contributed by atoms with van der Waals surface area (Å²) in [5, 5.41) is 19.2. The van der Waals surface area contributed by atoms with Crippen LogP contribution >= 0.6 is 0 Å². The number of ether oxygens (including phenoxy) is 2. The molecule has 6 heteroatoms. The molecule has 2 heterocycles. The largest absolute Gasteiger partial charge is 0.395 e. The second kappa shape index (κ2) is 11.6. The number of hydrogen-bond donors (Lipinski definition) is 3. The lowest BCUT2D eigenvalue weighted by Crippen LogP contribution is -2.42. The third-order valence-electron chi connectivity index (χ3n) is 7.49. The van der Waals surface area contributed by atoms with Gasteiger partial charge in [0.1, 0.15) is 0 Å². The fraction of sp³-hybridized carbons (Fsp3) is 0.400. The van der Waals surface area contributed by atoms with Gasteiger partial charge in [-0.25, -0.2) is 0 Å². The zero-order valence-electron chi connectivity index (χ0n) is 20.6. The number of aliphatic hydroxyl groups excluding tert-OH is 2. The van der Waals surface area contributed by atoms with Crippen molar-refractivity contribution in [2.24, 2.45) is 5.73 Å². The molecule has 0 bridgehead atoms. The molecule has 0 aromatic heterocycles. The Balaban J connectivity index is 1.38. The summed E-state index contributed by atoms with van der Waals surface area (Å²) < 4.78 is 13.0. The van der Waals surface area contributed by atoms with Crippen molar-refractivity contribution in [3.8, 4) is 11.1 Å². The summed E-state index contributed by atoms with van der Waals surface area (Å²) in [6.07, 6.45) is 2.26. The van der Waals surface area contributed by atoms with E-state index in [9.17, 15) is 10.2 Å². The lowest BCUT2D eigenvalue weighted by Gasteiger charge is -2.38. The summed E-state index contributed by atoms with van der Waals surface area (Å²) in [5.41, 5.74) is 12.3. The standard InChI is InChI=1S/C30H36N2O4/c31-17-25-4-1-2-6-28(25)22-11-13-24(14-12-22)30-35-27(18-32-15-3-5-26(32)20-34)16-29(36-30)23-9-7-21(19-33)8-10-23/h1-2,4,6-14,26-27,29-30,33-34H,3,5,15-20,31H2. The maximum absolute atomic E-state index is 9.80. The van der Waals surface area contributed by atoms with Crippen molar-refractivity contribution in [2.45, 2.75) is 57.0 Å². The van der Waals surface area contributed by atoms with Crippen LogP contribution in [-0.4, -0.2) is 47.0 Å². The molecular weight excluding hydrogens is 452 g/mol. The van der Waals surface area contributed by atoms with Gasteiger partial charge in [-0.15, -0.1) is 0 Å². The minimum atomic E-state index is -0.486. The fourth-order valence-corrected chi connectivity index (χ4v) is 5.44. The molecule has 36 heavy (non-hydrogen) atoms. The van der Waals surface area contributed by atoms with Gasteiger partial charge in [0.05, 0.1) is 25.4 Å². The molecule has 6 nitrogen and oxygen atoms in total. The maximum atomic E-state index is 9.80. The van der Waals surface area contributed by atoms with Crippen LogP contribution in [0.25, 0.3) is 11.1 Å². The van der Waals surface area contributed by atoms with Gasteiger partial charge >= 0.3 is 0 Å². The van der Waals surface area contributed by atoms with Crippen LogP contribution in [0.5, 0.6) is 0 Å². The van der Waals surface area contributed by atoms with Crippen molar-refractivity contribution in [3.05, 3.63) is 95.1 Å². The van der Waals surface area contributed by atoms with Crippen LogP contribution in [-0.2, 0) is 22.6 Å². The summed E-state index contributed by atoms with van der Waals surface area (Å²) in [6.45, 7) is 2.47. The summed E-state index contributed by atoms with van der Waals surface area (Å²) in [7, 11) is 0. The summed E-state index contributed by atoms with van der Waals surface area (Å²) in [4.78, 5) is 2.35. The monoisotopic (exact) mass is 488 g/mol. The first-order valence-electron chi connectivity index (χ1n) is 12.9. The number of benzene rings is 3.